The fourth-order valence-electron chi connectivity index (χ4n) is 1.91. The molecule has 0 saturated carbocycles. The van der Waals surface area contributed by atoms with Crippen LogP contribution in [0.15, 0.2) is 27.4 Å². The van der Waals surface area contributed by atoms with Gasteiger partial charge in [0.2, 0.25) is 0 Å². The molecule has 0 radical (unpaired) electrons. The van der Waals surface area contributed by atoms with Gasteiger partial charge in [-0.2, -0.15) is 0 Å². The van der Waals surface area contributed by atoms with Gasteiger partial charge in [-0.1, -0.05) is 18.6 Å². The second-order valence-corrected chi connectivity index (χ2v) is 3.83. The number of fused-ring (bicyclic) bond motifs is 1. The van der Waals surface area contributed by atoms with Crippen LogP contribution in [0.25, 0.3) is 11.0 Å². The van der Waals surface area contributed by atoms with Crippen LogP contribution in [0.1, 0.15) is 18.1 Å². The summed E-state index contributed by atoms with van der Waals surface area (Å²) < 4.78 is 4.95. The van der Waals surface area contributed by atoms with Crippen LogP contribution in [-0.4, -0.2) is 4.92 Å². The van der Waals surface area contributed by atoms with Crippen LogP contribution in [0, 0.1) is 17.0 Å². The second-order valence-electron chi connectivity index (χ2n) is 3.83. The molecule has 5 heteroatoms. The van der Waals surface area contributed by atoms with Crippen LogP contribution in [-0.2, 0) is 6.42 Å². The summed E-state index contributed by atoms with van der Waals surface area (Å²) in [5.41, 5.74) is 0.456. The topological polar surface area (TPSA) is 73.3 Å². The van der Waals surface area contributed by atoms with E-state index in [1.807, 2.05) is 6.92 Å². The third kappa shape index (κ3) is 1.80. The maximum atomic E-state index is 11.5. The van der Waals surface area contributed by atoms with Crippen molar-refractivity contribution in [1.82, 2.24) is 0 Å². The number of rotatable bonds is 2. The molecule has 0 fully saturated rings. The van der Waals surface area contributed by atoms with Crippen molar-refractivity contribution in [2.75, 3.05) is 0 Å². The summed E-state index contributed by atoms with van der Waals surface area (Å²) in [6.07, 6.45) is 0.419. The smallest absolute Gasteiger partial charge is 0.415 e. The average Bonchev–Trinajstić information content (AvgIpc) is 2.27. The van der Waals surface area contributed by atoms with Gasteiger partial charge in [0, 0.05) is 10.9 Å². The minimum atomic E-state index is -0.886. The van der Waals surface area contributed by atoms with E-state index < -0.39 is 16.2 Å². The van der Waals surface area contributed by atoms with Gasteiger partial charge >= 0.3 is 11.3 Å². The van der Waals surface area contributed by atoms with Gasteiger partial charge in [-0.25, -0.2) is 4.79 Å². The molecule has 1 aromatic heterocycles. The van der Waals surface area contributed by atoms with E-state index in [1.165, 1.54) is 0 Å². The van der Waals surface area contributed by atoms with Crippen LogP contribution < -0.4 is 5.63 Å². The lowest BCUT2D eigenvalue weighted by Gasteiger charge is -2.04. The zero-order valence-corrected chi connectivity index (χ0v) is 9.52. The van der Waals surface area contributed by atoms with Crippen molar-refractivity contribution in [2.24, 2.45) is 0 Å². The number of hydrogen-bond acceptors (Lipinski definition) is 4. The summed E-state index contributed by atoms with van der Waals surface area (Å²) in [6, 6.07) is 5.26. The Labute approximate surface area is 96.8 Å². The van der Waals surface area contributed by atoms with E-state index in [4.69, 9.17) is 4.42 Å². The lowest BCUT2D eigenvalue weighted by atomic mass is 10.0. The van der Waals surface area contributed by atoms with Crippen molar-refractivity contribution in [3.63, 3.8) is 0 Å². The Morgan fingerprint density at radius 3 is 2.71 bits per heavy atom. The van der Waals surface area contributed by atoms with E-state index >= 15 is 0 Å². The van der Waals surface area contributed by atoms with Crippen molar-refractivity contribution < 1.29 is 9.34 Å². The van der Waals surface area contributed by atoms with E-state index in [1.54, 1.807) is 25.1 Å². The maximum Gasteiger partial charge on any atom is 0.415 e. The van der Waals surface area contributed by atoms with Gasteiger partial charge in [0.15, 0.2) is 0 Å². The Morgan fingerprint density at radius 2 is 2.12 bits per heavy atom. The summed E-state index contributed by atoms with van der Waals surface area (Å²) in [6.45, 7) is 3.67. The molecule has 0 unspecified atom stereocenters. The minimum absolute atomic E-state index is 0.392. The van der Waals surface area contributed by atoms with Crippen molar-refractivity contribution in [3.8, 4) is 0 Å². The van der Waals surface area contributed by atoms with Crippen molar-refractivity contribution >= 4 is 16.7 Å². The molecule has 0 aliphatic heterocycles. The summed E-state index contributed by atoms with van der Waals surface area (Å²) in [5.74, 6) is 0. The predicted octanol–water partition coefficient (Wildman–Crippen LogP) is 2.57. The Balaban J connectivity index is 2.97. The fraction of sp³-hybridized carbons (Fsp3) is 0.250. The molecule has 0 saturated heterocycles. The molecule has 0 atom stereocenters. The number of aryl methyl sites for hydroxylation is 2. The first-order valence-corrected chi connectivity index (χ1v) is 5.25. The fourth-order valence-corrected chi connectivity index (χ4v) is 1.91. The summed E-state index contributed by atoms with van der Waals surface area (Å²) in [5, 5.41) is 11.5. The Kier molecular flexibility index (Phi) is 2.67. The van der Waals surface area contributed by atoms with E-state index in [0.717, 1.165) is 5.56 Å². The molecule has 17 heavy (non-hydrogen) atoms. The highest BCUT2D eigenvalue weighted by atomic mass is 16.6. The molecular weight excluding hydrogens is 222 g/mol. The highest BCUT2D eigenvalue weighted by Crippen LogP contribution is 2.25. The molecule has 2 aromatic rings. The number of nitrogens with zero attached hydrogens (tertiary/aromatic N) is 1. The molecule has 88 valence electrons. The molecule has 1 heterocycles. The first-order valence-electron chi connectivity index (χ1n) is 5.25. The molecule has 5 nitrogen and oxygen atoms in total. The normalized spacial score (nSPS) is 10.7. The Morgan fingerprint density at radius 1 is 1.41 bits per heavy atom. The molecule has 0 aliphatic carbocycles. The van der Waals surface area contributed by atoms with Crippen LogP contribution in [0.5, 0.6) is 0 Å². The molecule has 0 aliphatic rings. The first kappa shape index (κ1) is 11.3. The van der Waals surface area contributed by atoms with Crippen molar-refractivity contribution in [3.05, 3.63) is 49.9 Å². The van der Waals surface area contributed by atoms with E-state index in [-0.39, 0.29) is 0 Å². The van der Waals surface area contributed by atoms with Crippen LogP contribution in [0.3, 0.4) is 0 Å². The quantitative estimate of drug-likeness (QED) is 0.454. The SMILES string of the molecule is CCc1c([N+](=O)[O-])c(=O)oc2ccc(C)cc12. The third-order valence-corrected chi connectivity index (χ3v) is 2.68. The van der Waals surface area contributed by atoms with Crippen LogP contribution >= 0.6 is 0 Å². The lowest BCUT2D eigenvalue weighted by Crippen LogP contribution is -2.10. The molecule has 0 spiro atoms. The molecule has 0 amide bonds. The number of nitro groups is 1. The highest BCUT2D eigenvalue weighted by Gasteiger charge is 2.22. The minimum Gasteiger partial charge on any atom is -0.418 e. The van der Waals surface area contributed by atoms with Gasteiger partial charge in [0.05, 0.1) is 4.92 Å². The Bertz CT molecular complexity index is 657. The van der Waals surface area contributed by atoms with E-state index in [0.29, 0.717) is 23.0 Å². The average molecular weight is 233 g/mol. The summed E-state index contributed by atoms with van der Waals surface area (Å²) >= 11 is 0. The van der Waals surface area contributed by atoms with Crippen molar-refractivity contribution in [2.45, 2.75) is 20.3 Å². The van der Waals surface area contributed by atoms with Crippen molar-refractivity contribution in [1.29, 1.82) is 0 Å². The standard InChI is InChI=1S/C12H11NO4/c1-3-8-9-6-7(2)4-5-10(9)17-12(14)11(8)13(15)16/h4-6H,3H2,1-2H3. The molecule has 1 aromatic carbocycles. The third-order valence-electron chi connectivity index (χ3n) is 2.68. The second kappa shape index (κ2) is 4.01. The molecule has 0 bridgehead atoms. The summed E-state index contributed by atoms with van der Waals surface area (Å²) in [7, 11) is 0. The highest BCUT2D eigenvalue weighted by molar-refractivity contribution is 5.83. The zero-order chi connectivity index (χ0) is 12.6. The van der Waals surface area contributed by atoms with Gasteiger partial charge in [0.1, 0.15) is 5.58 Å². The van der Waals surface area contributed by atoms with Gasteiger partial charge < -0.3 is 4.42 Å². The first-order chi connectivity index (χ1) is 8.04. The van der Waals surface area contributed by atoms with Gasteiger partial charge in [-0.3, -0.25) is 10.1 Å². The van der Waals surface area contributed by atoms with Crippen LogP contribution in [0.2, 0.25) is 0 Å². The Hall–Kier alpha value is -2.17. The molecule has 2 rings (SSSR count). The number of hydrogen-bond donors (Lipinski definition) is 0. The van der Waals surface area contributed by atoms with E-state index in [9.17, 15) is 14.9 Å². The summed E-state index contributed by atoms with van der Waals surface area (Å²) in [4.78, 5) is 21.7. The zero-order valence-electron chi connectivity index (χ0n) is 9.52. The van der Waals surface area contributed by atoms with Crippen LogP contribution in [0.4, 0.5) is 5.69 Å². The lowest BCUT2D eigenvalue weighted by molar-refractivity contribution is -0.387. The molecular formula is C12H11NO4. The molecule has 0 N–H and O–H groups in total. The van der Waals surface area contributed by atoms with Gasteiger partial charge in [0.25, 0.3) is 0 Å². The number of benzene rings is 1. The predicted molar refractivity (Wildman–Crippen MR) is 63.3 cm³/mol. The largest absolute Gasteiger partial charge is 0.418 e. The van der Waals surface area contributed by atoms with E-state index in [2.05, 4.69) is 0 Å². The van der Waals surface area contributed by atoms with Gasteiger partial charge in [-0.05, 0) is 25.5 Å². The van der Waals surface area contributed by atoms with Gasteiger partial charge in [-0.15, -0.1) is 0 Å². The monoisotopic (exact) mass is 233 g/mol. The maximum absolute atomic E-state index is 11.5.